The van der Waals surface area contributed by atoms with Gasteiger partial charge < -0.3 is 20.1 Å². The highest BCUT2D eigenvalue weighted by molar-refractivity contribution is 6.30. The fourth-order valence-electron chi connectivity index (χ4n) is 2.74. The zero-order valence-electron chi connectivity index (χ0n) is 13.3. The van der Waals surface area contributed by atoms with E-state index in [4.69, 9.17) is 21.1 Å². The molecule has 6 heteroatoms. The molecule has 0 unspecified atom stereocenters. The fraction of sp³-hybridized carbons (Fsp3) is 0.278. The average molecular weight is 347 g/mol. The third-order valence-corrected chi connectivity index (χ3v) is 4.30. The molecule has 1 aliphatic heterocycles. The first-order valence-corrected chi connectivity index (χ1v) is 8.08. The summed E-state index contributed by atoms with van der Waals surface area (Å²) < 4.78 is 10.7. The van der Waals surface area contributed by atoms with Crippen LogP contribution in [0, 0.1) is 0 Å². The van der Waals surface area contributed by atoms with Crippen molar-refractivity contribution >= 4 is 23.3 Å². The number of carbonyl (C=O) groups excluding carboxylic acids is 1. The Hall–Kier alpha value is -2.24. The average Bonchev–Trinajstić information content (AvgIpc) is 3.05. The molecule has 2 aromatic carbocycles. The van der Waals surface area contributed by atoms with Crippen LogP contribution in [0.2, 0.25) is 5.02 Å². The minimum Gasteiger partial charge on any atom is -0.497 e. The molecule has 5 nitrogen and oxygen atoms in total. The standard InChI is InChI=1S/C18H19ClN2O3/c1-23-15-8-2-12(3-9-15)16-10-24-11-17(16)21-18(22)20-14-6-4-13(19)5-7-14/h2-9,16-17H,10-11H2,1H3,(H2,20,21,22)/t16-,17+/m1/s1. The first-order chi connectivity index (χ1) is 11.7. The summed E-state index contributed by atoms with van der Waals surface area (Å²) in [6.07, 6.45) is 0. The number of rotatable bonds is 4. The number of hydrogen-bond donors (Lipinski definition) is 2. The van der Waals surface area contributed by atoms with Crippen LogP contribution in [0.25, 0.3) is 0 Å². The number of carbonyl (C=O) groups is 1. The van der Waals surface area contributed by atoms with Crippen molar-refractivity contribution in [3.63, 3.8) is 0 Å². The molecule has 2 atom stereocenters. The van der Waals surface area contributed by atoms with Gasteiger partial charge in [0.2, 0.25) is 0 Å². The third-order valence-electron chi connectivity index (χ3n) is 4.04. The summed E-state index contributed by atoms with van der Waals surface area (Å²) in [5, 5.41) is 6.41. The summed E-state index contributed by atoms with van der Waals surface area (Å²) in [6.45, 7) is 1.07. The van der Waals surface area contributed by atoms with Crippen LogP contribution < -0.4 is 15.4 Å². The van der Waals surface area contributed by atoms with E-state index in [9.17, 15) is 4.79 Å². The normalized spacial score (nSPS) is 19.8. The Morgan fingerprint density at radius 1 is 1.12 bits per heavy atom. The molecule has 1 aliphatic rings. The van der Waals surface area contributed by atoms with Gasteiger partial charge in [0.15, 0.2) is 0 Å². The molecular formula is C18H19ClN2O3. The number of ether oxygens (including phenoxy) is 2. The highest BCUT2D eigenvalue weighted by Crippen LogP contribution is 2.27. The SMILES string of the molecule is COc1ccc([C@H]2COC[C@@H]2NC(=O)Nc2ccc(Cl)cc2)cc1. The van der Waals surface area contributed by atoms with Gasteiger partial charge in [0.05, 0.1) is 26.4 Å². The van der Waals surface area contributed by atoms with Crippen molar-refractivity contribution in [2.75, 3.05) is 25.6 Å². The summed E-state index contributed by atoms with van der Waals surface area (Å²) >= 11 is 5.84. The van der Waals surface area contributed by atoms with Gasteiger partial charge in [-0.05, 0) is 42.0 Å². The van der Waals surface area contributed by atoms with Crippen molar-refractivity contribution in [1.29, 1.82) is 0 Å². The van der Waals surface area contributed by atoms with Crippen molar-refractivity contribution in [2.45, 2.75) is 12.0 Å². The molecule has 0 aromatic heterocycles. The van der Waals surface area contributed by atoms with Gasteiger partial charge in [-0.25, -0.2) is 4.79 Å². The van der Waals surface area contributed by atoms with Crippen LogP contribution in [0.4, 0.5) is 10.5 Å². The molecule has 2 N–H and O–H groups in total. The van der Waals surface area contributed by atoms with Crippen molar-refractivity contribution in [3.8, 4) is 5.75 Å². The van der Waals surface area contributed by atoms with Crippen LogP contribution in [0.15, 0.2) is 48.5 Å². The molecule has 1 saturated heterocycles. The van der Waals surface area contributed by atoms with Crippen LogP contribution in [-0.4, -0.2) is 32.4 Å². The third kappa shape index (κ3) is 3.99. The number of benzene rings is 2. The zero-order chi connectivity index (χ0) is 16.9. The van der Waals surface area contributed by atoms with Crippen molar-refractivity contribution in [1.82, 2.24) is 5.32 Å². The lowest BCUT2D eigenvalue weighted by molar-refractivity contribution is 0.187. The first kappa shape index (κ1) is 16.6. The minimum absolute atomic E-state index is 0.0781. The van der Waals surface area contributed by atoms with E-state index in [2.05, 4.69) is 10.6 Å². The molecule has 2 aromatic rings. The maximum Gasteiger partial charge on any atom is 0.319 e. The molecule has 0 spiro atoms. The van der Waals surface area contributed by atoms with Gasteiger partial charge in [0.1, 0.15) is 5.75 Å². The topological polar surface area (TPSA) is 59.6 Å². The molecule has 1 fully saturated rings. The molecule has 2 amide bonds. The maximum absolute atomic E-state index is 12.2. The molecule has 0 radical (unpaired) electrons. The van der Waals surface area contributed by atoms with Gasteiger partial charge >= 0.3 is 6.03 Å². The van der Waals surface area contributed by atoms with Crippen LogP contribution in [0.5, 0.6) is 5.75 Å². The van der Waals surface area contributed by atoms with Gasteiger partial charge in [-0.3, -0.25) is 0 Å². The Kier molecular flexibility index (Phi) is 5.23. The Bertz CT molecular complexity index is 688. The number of methoxy groups -OCH3 is 1. The molecule has 0 saturated carbocycles. The maximum atomic E-state index is 12.2. The van der Waals surface area contributed by atoms with Crippen LogP contribution >= 0.6 is 11.6 Å². The van der Waals surface area contributed by atoms with E-state index in [0.29, 0.717) is 23.9 Å². The fourth-order valence-corrected chi connectivity index (χ4v) is 2.87. The second-order valence-electron chi connectivity index (χ2n) is 5.63. The molecule has 24 heavy (non-hydrogen) atoms. The monoisotopic (exact) mass is 346 g/mol. The van der Waals surface area contributed by atoms with Crippen molar-refractivity contribution in [2.24, 2.45) is 0 Å². The van der Waals surface area contributed by atoms with E-state index in [-0.39, 0.29) is 18.0 Å². The van der Waals surface area contributed by atoms with E-state index in [1.807, 2.05) is 24.3 Å². The summed E-state index contributed by atoms with van der Waals surface area (Å²) in [5.41, 5.74) is 1.81. The van der Waals surface area contributed by atoms with E-state index in [1.54, 1.807) is 31.4 Å². The zero-order valence-corrected chi connectivity index (χ0v) is 14.0. The second-order valence-corrected chi connectivity index (χ2v) is 6.07. The summed E-state index contributed by atoms with van der Waals surface area (Å²) in [7, 11) is 1.64. The van der Waals surface area contributed by atoms with E-state index in [0.717, 1.165) is 11.3 Å². The quantitative estimate of drug-likeness (QED) is 0.888. The molecule has 126 valence electrons. The number of urea groups is 1. The first-order valence-electron chi connectivity index (χ1n) is 7.70. The van der Waals surface area contributed by atoms with Gasteiger partial charge in [-0.2, -0.15) is 0 Å². The molecule has 1 heterocycles. The number of nitrogens with one attached hydrogen (secondary N) is 2. The van der Waals surface area contributed by atoms with E-state index in [1.165, 1.54) is 0 Å². The number of hydrogen-bond acceptors (Lipinski definition) is 3. The Morgan fingerprint density at radius 3 is 2.50 bits per heavy atom. The lowest BCUT2D eigenvalue weighted by Crippen LogP contribution is -2.41. The minimum atomic E-state index is -0.258. The Balaban J connectivity index is 1.62. The van der Waals surface area contributed by atoms with Crippen LogP contribution in [0.1, 0.15) is 11.5 Å². The highest BCUT2D eigenvalue weighted by atomic mass is 35.5. The van der Waals surface area contributed by atoms with Crippen molar-refractivity contribution in [3.05, 3.63) is 59.1 Å². The predicted molar refractivity (Wildman–Crippen MR) is 93.9 cm³/mol. The van der Waals surface area contributed by atoms with E-state index < -0.39 is 0 Å². The Labute approximate surface area is 145 Å². The van der Waals surface area contributed by atoms with Gasteiger partial charge in [0.25, 0.3) is 0 Å². The molecule has 3 rings (SSSR count). The summed E-state index contributed by atoms with van der Waals surface area (Å²) in [5.74, 6) is 0.925. The van der Waals surface area contributed by atoms with Gasteiger partial charge in [-0.15, -0.1) is 0 Å². The van der Waals surface area contributed by atoms with E-state index >= 15 is 0 Å². The summed E-state index contributed by atoms with van der Waals surface area (Å²) in [6, 6.07) is 14.5. The Morgan fingerprint density at radius 2 is 1.83 bits per heavy atom. The molecule has 0 aliphatic carbocycles. The van der Waals surface area contributed by atoms with Crippen molar-refractivity contribution < 1.29 is 14.3 Å². The molecular weight excluding hydrogens is 328 g/mol. The lowest BCUT2D eigenvalue weighted by atomic mass is 9.94. The smallest absolute Gasteiger partial charge is 0.319 e. The number of amides is 2. The lowest BCUT2D eigenvalue weighted by Gasteiger charge is -2.20. The van der Waals surface area contributed by atoms with Crippen LogP contribution in [0.3, 0.4) is 0 Å². The van der Waals surface area contributed by atoms with Gasteiger partial charge in [-0.1, -0.05) is 23.7 Å². The second kappa shape index (κ2) is 7.55. The predicted octanol–water partition coefficient (Wildman–Crippen LogP) is 3.65. The number of anilines is 1. The number of halogens is 1. The largest absolute Gasteiger partial charge is 0.497 e. The van der Waals surface area contributed by atoms with Gasteiger partial charge in [0, 0.05) is 16.6 Å². The highest BCUT2D eigenvalue weighted by Gasteiger charge is 2.30. The van der Waals surface area contributed by atoms with Crippen LogP contribution in [-0.2, 0) is 4.74 Å². The molecule has 0 bridgehead atoms. The summed E-state index contributed by atoms with van der Waals surface area (Å²) in [4.78, 5) is 12.2.